The van der Waals surface area contributed by atoms with Crippen molar-refractivity contribution in [3.8, 4) is 0 Å². The molecule has 4 nitrogen and oxygen atoms in total. The Hall–Kier alpha value is -1.29. The van der Waals surface area contributed by atoms with E-state index in [2.05, 4.69) is 29.5 Å². The molecule has 0 saturated carbocycles. The molecule has 1 aromatic rings. The zero-order chi connectivity index (χ0) is 13.4. The van der Waals surface area contributed by atoms with Gasteiger partial charge in [-0.3, -0.25) is 0 Å². The number of aromatic nitrogens is 1. The topological polar surface area (TPSA) is 57.2 Å². The summed E-state index contributed by atoms with van der Waals surface area (Å²) in [5.41, 5.74) is 0.992. The zero-order valence-electron chi connectivity index (χ0n) is 11.6. The molecule has 0 spiro atoms. The number of hydrogen-bond donors (Lipinski definition) is 3. The number of anilines is 2. The molecule has 1 unspecified atom stereocenters. The van der Waals surface area contributed by atoms with Crippen LogP contribution < -0.4 is 10.6 Å². The maximum absolute atomic E-state index is 10.0. The van der Waals surface area contributed by atoms with Crippen LogP contribution in [-0.4, -0.2) is 29.3 Å². The van der Waals surface area contributed by atoms with E-state index in [1.54, 1.807) is 6.20 Å². The van der Waals surface area contributed by atoms with E-state index < -0.39 is 0 Å². The van der Waals surface area contributed by atoms with E-state index in [4.69, 9.17) is 0 Å². The van der Waals surface area contributed by atoms with Crippen molar-refractivity contribution >= 4 is 11.5 Å². The van der Waals surface area contributed by atoms with E-state index in [0.29, 0.717) is 12.5 Å². The molecule has 1 aromatic heterocycles. The summed E-state index contributed by atoms with van der Waals surface area (Å²) in [6.45, 7) is 7.72. The fourth-order valence-electron chi connectivity index (χ4n) is 2.04. The highest BCUT2D eigenvalue weighted by Gasteiger charge is 2.14. The molecule has 0 aliphatic carbocycles. The highest BCUT2D eigenvalue weighted by molar-refractivity contribution is 5.51. The molecule has 0 aliphatic heterocycles. The van der Waals surface area contributed by atoms with E-state index in [0.717, 1.165) is 30.9 Å². The maximum atomic E-state index is 10.0. The van der Waals surface area contributed by atoms with Gasteiger partial charge < -0.3 is 15.7 Å². The summed E-state index contributed by atoms with van der Waals surface area (Å²) in [5, 5.41) is 16.5. The van der Waals surface area contributed by atoms with Gasteiger partial charge in [0.05, 0.1) is 6.10 Å². The van der Waals surface area contributed by atoms with Crippen LogP contribution in [-0.2, 0) is 0 Å². The minimum atomic E-state index is -0.296. The third-order valence-corrected chi connectivity index (χ3v) is 3.23. The van der Waals surface area contributed by atoms with Crippen molar-refractivity contribution in [2.24, 2.45) is 5.92 Å². The Balaban J connectivity index is 2.49. The second-order valence-electron chi connectivity index (χ2n) is 4.48. The smallest absolute Gasteiger partial charge is 0.127 e. The lowest BCUT2D eigenvalue weighted by atomic mass is 9.96. The quantitative estimate of drug-likeness (QED) is 0.665. The van der Waals surface area contributed by atoms with E-state index in [1.165, 1.54) is 0 Å². The van der Waals surface area contributed by atoms with Gasteiger partial charge in [-0.15, -0.1) is 0 Å². The number of aliphatic hydroxyl groups excluding tert-OH is 1. The number of rotatable bonds is 8. The lowest BCUT2D eigenvalue weighted by molar-refractivity contribution is 0.114. The van der Waals surface area contributed by atoms with Crippen LogP contribution >= 0.6 is 0 Å². The predicted octanol–water partition coefficient (Wildman–Crippen LogP) is 2.72. The fraction of sp³-hybridized carbons (Fsp3) is 0.643. The Kier molecular flexibility index (Phi) is 6.50. The van der Waals surface area contributed by atoms with Crippen LogP contribution in [0.4, 0.5) is 11.5 Å². The molecule has 18 heavy (non-hydrogen) atoms. The van der Waals surface area contributed by atoms with Crippen LogP contribution in [0, 0.1) is 5.92 Å². The molecule has 0 bridgehead atoms. The number of nitrogens with zero attached hydrogens (tertiary/aromatic N) is 1. The lowest BCUT2D eigenvalue weighted by Crippen LogP contribution is -2.27. The molecule has 0 radical (unpaired) electrons. The summed E-state index contributed by atoms with van der Waals surface area (Å²) in [6.07, 6.45) is 3.50. The second-order valence-corrected chi connectivity index (χ2v) is 4.48. The van der Waals surface area contributed by atoms with Gasteiger partial charge in [0.2, 0.25) is 0 Å². The van der Waals surface area contributed by atoms with E-state index in [9.17, 15) is 5.11 Å². The molecular formula is C14H25N3O. The van der Waals surface area contributed by atoms with Crippen LogP contribution in [0.5, 0.6) is 0 Å². The summed E-state index contributed by atoms with van der Waals surface area (Å²) in [6, 6.07) is 3.88. The van der Waals surface area contributed by atoms with Crippen molar-refractivity contribution in [2.75, 3.05) is 23.7 Å². The Morgan fingerprint density at radius 1 is 1.22 bits per heavy atom. The predicted molar refractivity (Wildman–Crippen MR) is 77.0 cm³/mol. The van der Waals surface area contributed by atoms with Gasteiger partial charge in [-0.1, -0.05) is 26.7 Å². The molecule has 0 aromatic carbocycles. The Morgan fingerprint density at radius 2 is 1.94 bits per heavy atom. The molecule has 4 heteroatoms. The summed E-state index contributed by atoms with van der Waals surface area (Å²) < 4.78 is 0. The maximum Gasteiger partial charge on any atom is 0.127 e. The third-order valence-electron chi connectivity index (χ3n) is 3.23. The third kappa shape index (κ3) is 4.53. The van der Waals surface area contributed by atoms with Crippen molar-refractivity contribution in [1.29, 1.82) is 0 Å². The van der Waals surface area contributed by atoms with E-state index in [-0.39, 0.29) is 6.10 Å². The molecule has 0 fully saturated rings. The number of hydrogen-bond acceptors (Lipinski definition) is 4. The Morgan fingerprint density at radius 3 is 2.56 bits per heavy atom. The van der Waals surface area contributed by atoms with Crippen molar-refractivity contribution in [3.05, 3.63) is 18.3 Å². The van der Waals surface area contributed by atoms with Gasteiger partial charge in [-0.25, -0.2) is 4.98 Å². The largest absolute Gasteiger partial charge is 0.391 e. The van der Waals surface area contributed by atoms with Crippen molar-refractivity contribution in [1.82, 2.24) is 4.98 Å². The molecule has 1 atom stereocenters. The van der Waals surface area contributed by atoms with Gasteiger partial charge in [0.25, 0.3) is 0 Å². The second kappa shape index (κ2) is 7.93. The number of pyridine rings is 1. The van der Waals surface area contributed by atoms with Crippen LogP contribution in [0.2, 0.25) is 0 Å². The minimum Gasteiger partial charge on any atom is -0.391 e. The molecule has 102 valence electrons. The molecule has 0 saturated heterocycles. The molecule has 1 heterocycles. The van der Waals surface area contributed by atoms with Gasteiger partial charge in [0.1, 0.15) is 5.82 Å². The first kappa shape index (κ1) is 14.8. The fourth-order valence-corrected chi connectivity index (χ4v) is 2.04. The minimum absolute atomic E-state index is 0.296. The lowest BCUT2D eigenvalue weighted by Gasteiger charge is -2.21. The van der Waals surface area contributed by atoms with E-state index >= 15 is 0 Å². The first-order valence-electron chi connectivity index (χ1n) is 6.83. The van der Waals surface area contributed by atoms with Crippen molar-refractivity contribution < 1.29 is 5.11 Å². The summed E-state index contributed by atoms with van der Waals surface area (Å²) in [7, 11) is 0. The van der Waals surface area contributed by atoms with Gasteiger partial charge >= 0.3 is 0 Å². The average molecular weight is 251 g/mol. The SMILES string of the molecule is CCNc1cc(NCC(O)C(CC)CC)ccn1. The van der Waals surface area contributed by atoms with Crippen LogP contribution in [0.15, 0.2) is 18.3 Å². The summed E-state index contributed by atoms with van der Waals surface area (Å²) in [5.74, 6) is 1.23. The van der Waals surface area contributed by atoms with Gasteiger partial charge in [0, 0.05) is 31.0 Å². The van der Waals surface area contributed by atoms with Gasteiger partial charge in [-0.05, 0) is 18.9 Å². The monoisotopic (exact) mass is 251 g/mol. The highest BCUT2D eigenvalue weighted by Crippen LogP contribution is 2.15. The molecule has 1 rings (SSSR count). The van der Waals surface area contributed by atoms with E-state index in [1.807, 2.05) is 19.1 Å². The number of aliphatic hydroxyl groups is 1. The van der Waals surface area contributed by atoms with Crippen LogP contribution in [0.1, 0.15) is 33.6 Å². The standard InChI is InChI=1S/C14H25N3O/c1-4-11(5-2)13(18)10-17-12-7-8-16-14(9-12)15-6-3/h7-9,11,13,18H,4-6,10H2,1-3H3,(H2,15,16,17). The normalized spacial score (nSPS) is 12.5. The molecule has 3 N–H and O–H groups in total. The first-order valence-corrected chi connectivity index (χ1v) is 6.83. The number of nitrogens with one attached hydrogen (secondary N) is 2. The average Bonchev–Trinajstić information content (AvgIpc) is 2.39. The Bertz CT molecular complexity index is 340. The summed E-state index contributed by atoms with van der Waals surface area (Å²) >= 11 is 0. The highest BCUT2D eigenvalue weighted by atomic mass is 16.3. The zero-order valence-corrected chi connectivity index (χ0v) is 11.6. The van der Waals surface area contributed by atoms with Crippen molar-refractivity contribution in [2.45, 2.75) is 39.7 Å². The Labute approximate surface area is 110 Å². The van der Waals surface area contributed by atoms with Gasteiger partial charge in [0.15, 0.2) is 0 Å². The van der Waals surface area contributed by atoms with Crippen LogP contribution in [0.25, 0.3) is 0 Å². The van der Waals surface area contributed by atoms with Crippen LogP contribution in [0.3, 0.4) is 0 Å². The molecule has 0 amide bonds. The first-order chi connectivity index (χ1) is 8.71. The summed E-state index contributed by atoms with van der Waals surface area (Å²) in [4.78, 5) is 4.21. The van der Waals surface area contributed by atoms with Gasteiger partial charge in [-0.2, -0.15) is 0 Å². The molecular weight excluding hydrogens is 226 g/mol. The van der Waals surface area contributed by atoms with Crippen molar-refractivity contribution in [3.63, 3.8) is 0 Å². The molecule has 0 aliphatic rings.